The fraction of sp³-hybridized carbons (Fsp3) is 0.667. The molecule has 1 atom stereocenters. The summed E-state index contributed by atoms with van der Waals surface area (Å²) >= 11 is 1.60. The summed E-state index contributed by atoms with van der Waals surface area (Å²) in [4.78, 5) is 3.12. The van der Waals surface area contributed by atoms with Crippen molar-refractivity contribution in [1.29, 1.82) is 0 Å². The van der Waals surface area contributed by atoms with Crippen molar-refractivity contribution in [2.24, 2.45) is 5.73 Å². The monoisotopic (exact) mass is 240 g/mol. The predicted molar refractivity (Wildman–Crippen MR) is 67.3 cm³/mol. The molecule has 1 fully saturated rings. The molecule has 1 saturated heterocycles. The first-order valence-electron chi connectivity index (χ1n) is 5.72. The van der Waals surface area contributed by atoms with Gasteiger partial charge in [-0.15, -0.1) is 11.3 Å². The Kier molecular flexibility index (Phi) is 3.09. The molecule has 3 nitrogen and oxygen atoms in total. The van der Waals surface area contributed by atoms with Gasteiger partial charge in [-0.25, -0.2) is 0 Å². The van der Waals surface area contributed by atoms with Gasteiger partial charge in [-0.2, -0.15) is 0 Å². The lowest BCUT2D eigenvalue weighted by Crippen LogP contribution is -2.56. The zero-order chi connectivity index (χ0) is 11.8. The summed E-state index contributed by atoms with van der Waals surface area (Å²) in [5.74, 6) is 0. The van der Waals surface area contributed by atoms with Crippen molar-refractivity contribution >= 4 is 11.3 Å². The Hall–Kier alpha value is -0.420. The maximum absolute atomic E-state index is 10.9. The Balaban J connectivity index is 2.25. The topological polar surface area (TPSA) is 49.5 Å². The van der Waals surface area contributed by atoms with Gasteiger partial charge in [0.25, 0.3) is 0 Å². The van der Waals surface area contributed by atoms with Gasteiger partial charge >= 0.3 is 0 Å². The van der Waals surface area contributed by atoms with Crippen molar-refractivity contribution < 1.29 is 5.11 Å². The highest BCUT2D eigenvalue weighted by Gasteiger charge is 2.43. The maximum Gasteiger partial charge on any atom is 0.155 e. The highest BCUT2D eigenvalue weighted by Crippen LogP contribution is 2.38. The SMILES string of the molecule is CC(C)(N)C[C@@](O)(c1cccs1)N1CCC1. The number of aliphatic hydroxyl groups is 1. The first kappa shape index (κ1) is 12.0. The third kappa shape index (κ3) is 2.30. The molecule has 0 aromatic carbocycles. The van der Waals surface area contributed by atoms with Crippen molar-refractivity contribution in [3.63, 3.8) is 0 Å². The zero-order valence-electron chi connectivity index (χ0n) is 9.94. The van der Waals surface area contributed by atoms with Gasteiger partial charge in [0.2, 0.25) is 0 Å². The van der Waals surface area contributed by atoms with Crippen molar-refractivity contribution in [3.05, 3.63) is 22.4 Å². The van der Waals surface area contributed by atoms with Crippen LogP contribution in [0.1, 0.15) is 31.6 Å². The van der Waals surface area contributed by atoms with Crippen molar-refractivity contribution in [2.45, 2.75) is 38.0 Å². The Bertz CT molecular complexity index is 340. The number of nitrogens with two attached hydrogens (primary N) is 1. The van der Waals surface area contributed by atoms with Crippen LogP contribution in [-0.4, -0.2) is 28.6 Å². The molecule has 0 saturated carbocycles. The number of thiophene rings is 1. The van der Waals surface area contributed by atoms with Crippen molar-refractivity contribution in [2.75, 3.05) is 13.1 Å². The minimum Gasteiger partial charge on any atom is -0.370 e. The second-order valence-electron chi connectivity index (χ2n) is 5.30. The summed E-state index contributed by atoms with van der Waals surface area (Å²) in [7, 11) is 0. The highest BCUT2D eigenvalue weighted by molar-refractivity contribution is 7.10. The average molecular weight is 240 g/mol. The van der Waals surface area contributed by atoms with Crippen LogP contribution in [-0.2, 0) is 5.72 Å². The van der Waals surface area contributed by atoms with Crippen LogP contribution in [0.2, 0.25) is 0 Å². The van der Waals surface area contributed by atoms with E-state index >= 15 is 0 Å². The normalized spacial score (nSPS) is 21.5. The van der Waals surface area contributed by atoms with Gasteiger partial charge in [0, 0.05) is 25.0 Å². The Morgan fingerprint density at radius 2 is 2.19 bits per heavy atom. The predicted octanol–water partition coefficient (Wildman–Crippen LogP) is 1.73. The molecule has 0 bridgehead atoms. The Morgan fingerprint density at radius 3 is 2.56 bits per heavy atom. The molecule has 0 spiro atoms. The van der Waals surface area contributed by atoms with Gasteiger partial charge in [-0.3, -0.25) is 4.90 Å². The fourth-order valence-corrected chi connectivity index (χ4v) is 3.03. The minimum atomic E-state index is -0.870. The molecule has 2 heterocycles. The molecule has 1 aromatic heterocycles. The molecule has 1 aliphatic heterocycles. The van der Waals surface area contributed by atoms with Gasteiger partial charge in [0.1, 0.15) is 0 Å². The first-order valence-corrected chi connectivity index (χ1v) is 6.60. The molecule has 3 N–H and O–H groups in total. The molecule has 0 unspecified atom stereocenters. The number of likely N-dealkylation sites (tertiary alicyclic amines) is 1. The lowest BCUT2D eigenvalue weighted by Gasteiger charge is -2.47. The van der Waals surface area contributed by atoms with Crippen molar-refractivity contribution in [3.8, 4) is 0 Å². The average Bonchev–Trinajstić information content (AvgIpc) is 2.46. The van der Waals surface area contributed by atoms with Gasteiger partial charge < -0.3 is 10.8 Å². The van der Waals surface area contributed by atoms with E-state index in [9.17, 15) is 5.11 Å². The van der Waals surface area contributed by atoms with E-state index in [0.717, 1.165) is 18.0 Å². The molecule has 1 aromatic rings. The number of hydrogen-bond acceptors (Lipinski definition) is 4. The highest BCUT2D eigenvalue weighted by atomic mass is 32.1. The van der Waals surface area contributed by atoms with Crippen LogP contribution in [0.5, 0.6) is 0 Å². The van der Waals surface area contributed by atoms with E-state index in [1.54, 1.807) is 11.3 Å². The molecule has 16 heavy (non-hydrogen) atoms. The van der Waals surface area contributed by atoms with E-state index in [0.29, 0.717) is 6.42 Å². The molecule has 90 valence electrons. The lowest BCUT2D eigenvalue weighted by atomic mass is 9.89. The Labute approximate surface area is 101 Å². The molecule has 0 radical (unpaired) electrons. The van der Waals surface area contributed by atoms with E-state index in [4.69, 9.17) is 5.73 Å². The third-order valence-electron chi connectivity index (χ3n) is 3.00. The number of nitrogens with zero attached hydrogens (tertiary/aromatic N) is 1. The van der Waals surface area contributed by atoms with Crippen LogP contribution < -0.4 is 5.73 Å². The van der Waals surface area contributed by atoms with E-state index in [-0.39, 0.29) is 5.54 Å². The smallest absolute Gasteiger partial charge is 0.155 e. The van der Waals surface area contributed by atoms with E-state index in [1.165, 1.54) is 6.42 Å². The number of hydrogen-bond donors (Lipinski definition) is 2. The van der Waals surface area contributed by atoms with E-state index in [1.807, 2.05) is 31.4 Å². The Morgan fingerprint density at radius 1 is 1.50 bits per heavy atom. The molecular formula is C12H20N2OS. The lowest BCUT2D eigenvalue weighted by molar-refractivity contribution is -0.155. The van der Waals surface area contributed by atoms with Crippen molar-refractivity contribution in [1.82, 2.24) is 4.90 Å². The van der Waals surface area contributed by atoms with Crippen LogP contribution in [0, 0.1) is 0 Å². The molecule has 4 heteroatoms. The molecule has 2 rings (SSSR count). The van der Waals surface area contributed by atoms with Gasteiger partial charge in [0.05, 0.1) is 4.88 Å². The third-order valence-corrected chi connectivity index (χ3v) is 4.01. The second kappa shape index (κ2) is 4.11. The van der Waals surface area contributed by atoms with Crippen LogP contribution in [0.25, 0.3) is 0 Å². The number of rotatable bonds is 4. The fourth-order valence-electron chi connectivity index (χ4n) is 2.18. The summed E-state index contributed by atoms with van der Waals surface area (Å²) in [5, 5.41) is 12.9. The van der Waals surface area contributed by atoms with Gasteiger partial charge in [-0.1, -0.05) is 6.07 Å². The van der Waals surface area contributed by atoms with E-state index < -0.39 is 5.72 Å². The standard InChI is InChI=1S/C12H20N2OS/c1-11(2,13)9-12(15,14-6-4-7-14)10-5-3-8-16-10/h3,5,8,15H,4,6-7,9,13H2,1-2H3/t12-/m1/s1. The maximum atomic E-state index is 10.9. The summed E-state index contributed by atoms with van der Waals surface area (Å²) in [6, 6.07) is 3.98. The zero-order valence-corrected chi connectivity index (χ0v) is 10.8. The van der Waals surface area contributed by atoms with Crippen LogP contribution in [0.4, 0.5) is 0 Å². The molecular weight excluding hydrogens is 220 g/mol. The van der Waals surface area contributed by atoms with Gasteiger partial charge in [0.15, 0.2) is 5.72 Å². The van der Waals surface area contributed by atoms with Crippen LogP contribution in [0.3, 0.4) is 0 Å². The van der Waals surface area contributed by atoms with Gasteiger partial charge in [-0.05, 0) is 31.7 Å². The quantitative estimate of drug-likeness (QED) is 0.842. The molecule has 1 aliphatic rings. The first-order chi connectivity index (χ1) is 7.42. The summed E-state index contributed by atoms with van der Waals surface area (Å²) in [5.41, 5.74) is 4.83. The molecule has 0 amide bonds. The van der Waals surface area contributed by atoms with E-state index in [2.05, 4.69) is 4.90 Å². The summed E-state index contributed by atoms with van der Waals surface area (Å²) in [6.07, 6.45) is 1.74. The minimum absolute atomic E-state index is 0.367. The summed E-state index contributed by atoms with van der Waals surface area (Å²) < 4.78 is 0. The largest absolute Gasteiger partial charge is 0.370 e. The second-order valence-corrected chi connectivity index (χ2v) is 6.25. The molecule has 0 aliphatic carbocycles. The van der Waals surface area contributed by atoms with Crippen LogP contribution >= 0.6 is 11.3 Å². The van der Waals surface area contributed by atoms with Crippen LogP contribution in [0.15, 0.2) is 17.5 Å². The summed E-state index contributed by atoms with van der Waals surface area (Å²) in [6.45, 7) is 5.85.